The second kappa shape index (κ2) is 10.4. The van der Waals surface area contributed by atoms with Crippen molar-refractivity contribution in [3.05, 3.63) is 170 Å². The molecule has 0 amide bonds. The molecule has 11 rings (SSSR count). The molecule has 2 heterocycles. The van der Waals surface area contributed by atoms with Crippen LogP contribution in [0.1, 0.15) is 0 Å². The van der Waals surface area contributed by atoms with E-state index in [1.54, 1.807) is 0 Å². The van der Waals surface area contributed by atoms with Gasteiger partial charge in [-0.15, -0.1) is 0 Å². The molecule has 0 aliphatic rings. The molecule has 0 bridgehead atoms. The summed E-state index contributed by atoms with van der Waals surface area (Å²) < 4.78 is 13.7. The van der Waals surface area contributed by atoms with Gasteiger partial charge in [0.15, 0.2) is 11.2 Å². The van der Waals surface area contributed by atoms with E-state index in [0.29, 0.717) is 0 Å². The number of hydrogen-bond acceptors (Lipinski definition) is 2. The van der Waals surface area contributed by atoms with Crippen molar-refractivity contribution >= 4 is 76.0 Å². The minimum absolute atomic E-state index is 0.769. The molecule has 0 radical (unpaired) electrons. The van der Waals surface area contributed by atoms with Crippen molar-refractivity contribution in [1.82, 2.24) is 0 Å². The summed E-state index contributed by atoms with van der Waals surface area (Å²) in [5.41, 5.74) is 8.14. The van der Waals surface area contributed by atoms with Crippen LogP contribution >= 0.6 is 0 Å². The summed E-state index contributed by atoms with van der Waals surface area (Å²) in [6, 6.07) is 60.8. The van der Waals surface area contributed by atoms with E-state index in [0.717, 1.165) is 66.1 Å². The Labute approximate surface area is 287 Å². The molecular formula is C48H28O2. The summed E-state index contributed by atoms with van der Waals surface area (Å²) in [6.45, 7) is 0. The standard InChI is InChI=1S/C48H28O2/c1-2-14-29(15-3-1)43-40-27-26-39-34-20-12-13-25-42(34)49-46(39)47(40)50-48(43)45-37-23-10-8-21-35(37)44(36-22-9-11-24-38(36)45)41-28-30-16-4-5-17-31(30)32-18-6-7-19-33(32)41/h1-28H. The molecule has 0 unspecified atom stereocenters. The maximum absolute atomic E-state index is 7.18. The van der Waals surface area contributed by atoms with Gasteiger partial charge in [0.25, 0.3) is 0 Å². The maximum atomic E-state index is 7.18. The number of fused-ring (bicyclic) bond motifs is 10. The first-order valence-corrected chi connectivity index (χ1v) is 17.1. The van der Waals surface area contributed by atoms with Crippen LogP contribution in [-0.2, 0) is 0 Å². The maximum Gasteiger partial charge on any atom is 0.178 e. The highest BCUT2D eigenvalue weighted by atomic mass is 16.4. The van der Waals surface area contributed by atoms with E-state index < -0.39 is 0 Å². The van der Waals surface area contributed by atoms with Gasteiger partial charge >= 0.3 is 0 Å². The van der Waals surface area contributed by atoms with Gasteiger partial charge in [-0.3, -0.25) is 0 Å². The Morgan fingerprint density at radius 1 is 0.300 bits per heavy atom. The Hall–Kier alpha value is -6.64. The molecule has 0 atom stereocenters. The molecule has 0 saturated carbocycles. The van der Waals surface area contributed by atoms with Crippen LogP contribution < -0.4 is 0 Å². The highest BCUT2D eigenvalue weighted by Crippen LogP contribution is 2.51. The third kappa shape index (κ3) is 3.79. The zero-order chi connectivity index (χ0) is 32.8. The summed E-state index contributed by atoms with van der Waals surface area (Å²) >= 11 is 0. The molecule has 0 spiro atoms. The van der Waals surface area contributed by atoms with Crippen LogP contribution in [0, 0.1) is 0 Å². The molecular weight excluding hydrogens is 609 g/mol. The quantitative estimate of drug-likeness (QED) is 0.142. The highest BCUT2D eigenvalue weighted by molar-refractivity contribution is 6.27. The van der Waals surface area contributed by atoms with E-state index in [1.165, 1.54) is 43.4 Å². The Balaban J connectivity index is 1.31. The van der Waals surface area contributed by atoms with Gasteiger partial charge in [-0.05, 0) is 84.0 Å². The summed E-state index contributed by atoms with van der Waals surface area (Å²) in [6.07, 6.45) is 0. The Bertz CT molecular complexity index is 3080. The van der Waals surface area contributed by atoms with Crippen LogP contribution in [0.5, 0.6) is 0 Å². The third-order valence-electron chi connectivity index (χ3n) is 10.5. The highest BCUT2D eigenvalue weighted by Gasteiger charge is 2.26. The van der Waals surface area contributed by atoms with Gasteiger partial charge in [-0.25, -0.2) is 0 Å². The second-order valence-electron chi connectivity index (χ2n) is 13.1. The normalized spacial score (nSPS) is 12.0. The lowest BCUT2D eigenvalue weighted by molar-refractivity contribution is 0.613. The largest absolute Gasteiger partial charge is 0.452 e. The Kier molecular flexibility index (Phi) is 5.70. The topological polar surface area (TPSA) is 26.3 Å². The molecule has 0 aliphatic carbocycles. The van der Waals surface area contributed by atoms with Gasteiger partial charge in [0.05, 0.1) is 0 Å². The van der Waals surface area contributed by atoms with Crippen molar-refractivity contribution in [3.63, 3.8) is 0 Å². The zero-order valence-electron chi connectivity index (χ0n) is 27.0. The number of rotatable bonds is 3. The fourth-order valence-electron chi connectivity index (χ4n) is 8.33. The second-order valence-corrected chi connectivity index (χ2v) is 13.1. The summed E-state index contributed by atoms with van der Waals surface area (Å²) in [5, 5.41) is 12.9. The number of para-hydroxylation sites is 1. The Morgan fingerprint density at radius 2 is 0.820 bits per heavy atom. The lowest BCUT2D eigenvalue weighted by atomic mass is 9.84. The van der Waals surface area contributed by atoms with Crippen LogP contribution in [-0.4, -0.2) is 0 Å². The van der Waals surface area contributed by atoms with Crippen LogP contribution in [0.15, 0.2) is 179 Å². The van der Waals surface area contributed by atoms with Gasteiger partial charge in [0, 0.05) is 27.3 Å². The van der Waals surface area contributed by atoms with E-state index in [-0.39, 0.29) is 0 Å². The van der Waals surface area contributed by atoms with Crippen molar-refractivity contribution in [2.45, 2.75) is 0 Å². The van der Waals surface area contributed by atoms with Gasteiger partial charge in [-0.1, -0.05) is 146 Å². The predicted octanol–water partition coefficient (Wildman–Crippen LogP) is 13.9. The first-order chi connectivity index (χ1) is 24.8. The summed E-state index contributed by atoms with van der Waals surface area (Å²) in [4.78, 5) is 0. The average Bonchev–Trinajstić information content (AvgIpc) is 3.76. The number of benzene rings is 9. The fourth-order valence-corrected chi connectivity index (χ4v) is 8.33. The predicted molar refractivity (Wildman–Crippen MR) is 210 cm³/mol. The third-order valence-corrected chi connectivity index (χ3v) is 10.5. The molecule has 2 nitrogen and oxygen atoms in total. The lowest BCUT2D eigenvalue weighted by Gasteiger charge is -2.19. The van der Waals surface area contributed by atoms with E-state index in [1.807, 2.05) is 12.1 Å². The van der Waals surface area contributed by atoms with E-state index in [9.17, 15) is 0 Å². The SMILES string of the molecule is c1ccc(-c2c(-c3c4ccccc4c(-c4cc5ccccc5c5ccccc45)c4ccccc34)oc3c2ccc2c4ccccc4oc23)cc1. The molecule has 232 valence electrons. The first kappa shape index (κ1) is 27.3. The van der Waals surface area contributed by atoms with E-state index in [4.69, 9.17) is 8.83 Å². The molecule has 2 heteroatoms. The van der Waals surface area contributed by atoms with Crippen molar-refractivity contribution in [2.75, 3.05) is 0 Å². The summed E-state index contributed by atoms with van der Waals surface area (Å²) in [7, 11) is 0. The van der Waals surface area contributed by atoms with Crippen LogP contribution in [0.25, 0.3) is 110 Å². The van der Waals surface area contributed by atoms with Crippen molar-refractivity contribution < 1.29 is 8.83 Å². The molecule has 9 aromatic carbocycles. The number of hydrogen-bond donors (Lipinski definition) is 0. The monoisotopic (exact) mass is 636 g/mol. The van der Waals surface area contributed by atoms with Crippen molar-refractivity contribution in [3.8, 4) is 33.6 Å². The van der Waals surface area contributed by atoms with E-state index in [2.05, 4.69) is 158 Å². The molecule has 0 saturated heterocycles. The molecule has 0 aliphatic heterocycles. The van der Waals surface area contributed by atoms with Crippen LogP contribution in [0.3, 0.4) is 0 Å². The van der Waals surface area contributed by atoms with Crippen molar-refractivity contribution in [1.29, 1.82) is 0 Å². The molecule has 2 aromatic heterocycles. The van der Waals surface area contributed by atoms with Gasteiger partial charge in [0.1, 0.15) is 11.3 Å². The molecule has 0 N–H and O–H groups in total. The average molecular weight is 637 g/mol. The summed E-state index contributed by atoms with van der Waals surface area (Å²) in [5.74, 6) is 0.849. The van der Waals surface area contributed by atoms with Crippen LogP contribution in [0.2, 0.25) is 0 Å². The number of furan rings is 2. The molecule has 50 heavy (non-hydrogen) atoms. The van der Waals surface area contributed by atoms with Crippen molar-refractivity contribution in [2.24, 2.45) is 0 Å². The fraction of sp³-hybridized carbons (Fsp3) is 0. The zero-order valence-corrected chi connectivity index (χ0v) is 27.0. The minimum Gasteiger partial charge on any atom is -0.452 e. The van der Waals surface area contributed by atoms with E-state index >= 15 is 0 Å². The van der Waals surface area contributed by atoms with Gasteiger partial charge < -0.3 is 8.83 Å². The molecule has 11 aromatic rings. The lowest BCUT2D eigenvalue weighted by Crippen LogP contribution is -1.92. The van der Waals surface area contributed by atoms with Gasteiger partial charge in [0.2, 0.25) is 0 Å². The van der Waals surface area contributed by atoms with Gasteiger partial charge in [-0.2, -0.15) is 0 Å². The minimum atomic E-state index is 0.769. The smallest absolute Gasteiger partial charge is 0.178 e. The Morgan fingerprint density at radius 3 is 1.54 bits per heavy atom. The van der Waals surface area contributed by atoms with Crippen LogP contribution in [0.4, 0.5) is 0 Å². The first-order valence-electron chi connectivity index (χ1n) is 17.1. The molecule has 0 fully saturated rings.